The van der Waals surface area contributed by atoms with Gasteiger partial charge < -0.3 is 20.4 Å². The van der Waals surface area contributed by atoms with E-state index < -0.39 is 0 Å². The van der Waals surface area contributed by atoms with Crippen LogP contribution >= 0.6 is 24.0 Å². The summed E-state index contributed by atoms with van der Waals surface area (Å²) < 4.78 is 1.94. The average molecular weight is 512 g/mol. The number of nitrogens with zero attached hydrogens (tertiary/aromatic N) is 6. The number of aryl methyl sites for hydroxylation is 1. The molecule has 0 saturated carbocycles. The SMILES string of the molecule is CCNC(=NCc1ccc(N2CCN(C)CC2)nc1)NCCCn1cccn1.I. The van der Waals surface area contributed by atoms with Gasteiger partial charge in [-0.3, -0.25) is 4.68 Å². The molecule has 9 heteroatoms. The summed E-state index contributed by atoms with van der Waals surface area (Å²) >= 11 is 0. The zero-order valence-electron chi connectivity index (χ0n) is 17.4. The molecule has 3 rings (SSSR count). The van der Waals surface area contributed by atoms with Gasteiger partial charge in [-0.25, -0.2) is 9.98 Å². The molecule has 3 heterocycles. The summed E-state index contributed by atoms with van der Waals surface area (Å²) in [5, 5.41) is 10.9. The Balaban J connectivity index is 0.00000300. The Bertz CT molecular complexity index is 709. The first kappa shape index (κ1) is 23.4. The highest BCUT2D eigenvalue weighted by Crippen LogP contribution is 2.14. The molecular formula is C20H33IN8. The minimum Gasteiger partial charge on any atom is -0.357 e. The zero-order chi connectivity index (χ0) is 19.6. The van der Waals surface area contributed by atoms with Crippen molar-refractivity contribution in [2.75, 3.05) is 51.2 Å². The number of likely N-dealkylation sites (N-methyl/N-ethyl adjacent to an activating group) is 1. The number of rotatable bonds is 8. The fourth-order valence-corrected chi connectivity index (χ4v) is 3.13. The number of nitrogens with one attached hydrogen (secondary N) is 2. The van der Waals surface area contributed by atoms with Crippen molar-refractivity contribution in [2.45, 2.75) is 26.4 Å². The van der Waals surface area contributed by atoms with Crippen LogP contribution in [0, 0.1) is 0 Å². The van der Waals surface area contributed by atoms with E-state index in [0.29, 0.717) is 6.54 Å². The molecule has 0 radical (unpaired) electrons. The van der Waals surface area contributed by atoms with Crippen molar-refractivity contribution in [3.63, 3.8) is 0 Å². The van der Waals surface area contributed by atoms with Gasteiger partial charge in [0, 0.05) is 64.4 Å². The minimum atomic E-state index is 0. The summed E-state index contributed by atoms with van der Waals surface area (Å²) in [4.78, 5) is 14.0. The van der Waals surface area contributed by atoms with Crippen LogP contribution in [-0.2, 0) is 13.1 Å². The molecule has 1 saturated heterocycles. The van der Waals surface area contributed by atoms with Crippen molar-refractivity contribution in [2.24, 2.45) is 4.99 Å². The molecule has 0 atom stereocenters. The van der Waals surface area contributed by atoms with E-state index in [1.807, 2.05) is 29.3 Å². The minimum absolute atomic E-state index is 0. The zero-order valence-corrected chi connectivity index (χ0v) is 19.7. The monoisotopic (exact) mass is 512 g/mol. The molecule has 1 aliphatic heterocycles. The number of aliphatic imine (C=N–C) groups is 1. The first-order valence-corrected chi connectivity index (χ1v) is 10.1. The van der Waals surface area contributed by atoms with Gasteiger partial charge in [0.1, 0.15) is 5.82 Å². The standard InChI is InChI=1S/C20H32N8.HI/c1-3-21-20(22-8-4-10-28-11-5-9-25-28)24-17-18-6-7-19(23-16-18)27-14-12-26(2)13-15-27;/h5-7,9,11,16H,3-4,8,10,12-15,17H2,1-2H3,(H2,21,22,24);1H. The highest BCUT2D eigenvalue weighted by molar-refractivity contribution is 14.0. The van der Waals surface area contributed by atoms with Crippen LogP contribution in [0.15, 0.2) is 41.8 Å². The summed E-state index contributed by atoms with van der Waals surface area (Å²) in [5.41, 5.74) is 1.12. The second-order valence-corrected chi connectivity index (χ2v) is 7.06. The summed E-state index contributed by atoms with van der Waals surface area (Å²) in [6.07, 6.45) is 6.73. The van der Waals surface area contributed by atoms with Crippen molar-refractivity contribution in [1.29, 1.82) is 0 Å². The number of piperazine rings is 1. The quantitative estimate of drug-likeness (QED) is 0.243. The second-order valence-electron chi connectivity index (χ2n) is 7.06. The number of hydrogen-bond acceptors (Lipinski definition) is 5. The summed E-state index contributed by atoms with van der Waals surface area (Å²) in [5.74, 6) is 1.90. The van der Waals surface area contributed by atoms with Crippen molar-refractivity contribution in [3.05, 3.63) is 42.4 Å². The Morgan fingerprint density at radius 3 is 2.66 bits per heavy atom. The molecule has 0 amide bonds. The average Bonchev–Trinajstić information content (AvgIpc) is 3.24. The maximum absolute atomic E-state index is 4.68. The van der Waals surface area contributed by atoms with E-state index in [2.05, 4.69) is 61.6 Å². The number of halogens is 1. The third-order valence-electron chi connectivity index (χ3n) is 4.82. The van der Waals surface area contributed by atoms with Gasteiger partial charge in [0.25, 0.3) is 0 Å². The van der Waals surface area contributed by atoms with Crippen LogP contribution in [0.1, 0.15) is 18.9 Å². The number of guanidine groups is 1. The molecule has 0 spiro atoms. The van der Waals surface area contributed by atoms with E-state index in [1.165, 1.54) is 0 Å². The molecular weight excluding hydrogens is 479 g/mol. The molecule has 2 N–H and O–H groups in total. The molecule has 8 nitrogen and oxygen atoms in total. The molecule has 0 aromatic carbocycles. The van der Waals surface area contributed by atoms with E-state index >= 15 is 0 Å². The maximum atomic E-state index is 4.68. The third kappa shape index (κ3) is 7.81. The van der Waals surface area contributed by atoms with Crippen LogP contribution in [0.3, 0.4) is 0 Å². The van der Waals surface area contributed by atoms with Crippen molar-refractivity contribution in [3.8, 4) is 0 Å². The predicted octanol–water partition coefficient (Wildman–Crippen LogP) is 1.79. The van der Waals surface area contributed by atoms with Gasteiger partial charge >= 0.3 is 0 Å². The van der Waals surface area contributed by atoms with Gasteiger partial charge in [-0.2, -0.15) is 5.10 Å². The van der Waals surface area contributed by atoms with Crippen LogP contribution < -0.4 is 15.5 Å². The lowest BCUT2D eigenvalue weighted by atomic mass is 10.2. The third-order valence-corrected chi connectivity index (χ3v) is 4.82. The summed E-state index contributed by atoms with van der Waals surface area (Å²) in [6.45, 7) is 9.53. The molecule has 1 fully saturated rings. The van der Waals surface area contributed by atoms with E-state index in [9.17, 15) is 0 Å². The first-order chi connectivity index (χ1) is 13.7. The van der Waals surface area contributed by atoms with Gasteiger partial charge in [0.15, 0.2) is 5.96 Å². The lowest BCUT2D eigenvalue weighted by molar-refractivity contribution is 0.312. The molecule has 2 aromatic rings. The van der Waals surface area contributed by atoms with Crippen LogP contribution in [0.5, 0.6) is 0 Å². The maximum Gasteiger partial charge on any atom is 0.191 e. The van der Waals surface area contributed by atoms with Crippen molar-refractivity contribution >= 4 is 35.8 Å². The Morgan fingerprint density at radius 2 is 2.00 bits per heavy atom. The number of pyridine rings is 1. The fraction of sp³-hybridized carbons (Fsp3) is 0.550. The van der Waals surface area contributed by atoms with Gasteiger partial charge in [-0.1, -0.05) is 6.07 Å². The Kier molecular flexibility index (Phi) is 10.2. The molecule has 1 aliphatic rings. The normalized spacial score (nSPS) is 15.1. The lowest BCUT2D eigenvalue weighted by Crippen LogP contribution is -2.44. The molecule has 0 bridgehead atoms. The van der Waals surface area contributed by atoms with Crippen LogP contribution in [0.2, 0.25) is 0 Å². The van der Waals surface area contributed by atoms with Gasteiger partial charge in [0.05, 0.1) is 6.54 Å². The molecule has 0 aliphatic carbocycles. The van der Waals surface area contributed by atoms with E-state index in [-0.39, 0.29) is 24.0 Å². The molecule has 2 aromatic heterocycles. The van der Waals surface area contributed by atoms with Gasteiger partial charge in [0.2, 0.25) is 0 Å². The summed E-state index contributed by atoms with van der Waals surface area (Å²) in [7, 11) is 2.17. The van der Waals surface area contributed by atoms with Crippen LogP contribution in [0.4, 0.5) is 5.82 Å². The largest absolute Gasteiger partial charge is 0.357 e. The summed E-state index contributed by atoms with van der Waals surface area (Å²) in [6, 6.07) is 6.19. The highest BCUT2D eigenvalue weighted by atomic mass is 127. The Labute approximate surface area is 190 Å². The van der Waals surface area contributed by atoms with Crippen molar-refractivity contribution in [1.82, 2.24) is 30.3 Å². The van der Waals surface area contributed by atoms with E-state index in [1.54, 1.807) is 0 Å². The fourth-order valence-electron chi connectivity index (χ4n) is 3.13. The molecule has 0 unspecified atom stereocenters. The number of aromatic nitrogens is 3. The predicted molar refractivity (Wildman–Crippen MR) is 129 cm³/mol. The first-order valence-electron chi connectivity index (χ1n) is 10.1. The smallest absolute Gasteiger partial charge is 0.191 e. The van der Waals surface area contributed by atoms with E-state index in [0.717, 1.165) is 69.6 Å². The van der Waals surface area contributed by atoms with Gasteiger partial charge in [-0.05, 0) is 38.1 Å². The van der Waals surface area contributed by atoms with Crippen LogP contribution in [-0.4, -0.2) is 71.9 Å². The lowest BCUT2D eigenvalue weighted by Gasteiger charge is -2.33. The highest BCUT2D eigenvalue weighted by Gasteiger charge is 2.14. The number of anilines is 1. The topological polar surface area (TPSA) is 73.6 Å². The number of hydrogen-bond donors (Lipinski definition) is 2. The van der Waals surface area contributed by atoms with Crippen molar-refractivity contribution < 1.29 is 0 Å². The Morgan fingerprint density at radius 1 is 1.17 bits per heavy atom. The second kappa shape index (κ2) is 12.6. The van der Waals surface area contributed by atoms with Gasteiger partial charge in [-0.15, -0.1) is 24.0 Å². The molecule has 160 valence electrons. The van der Waals surface area contributed by atoms with E-state index in [4.69, 9.17) is 0 Å². The Hall–Kier alpha value is -1.88. The van der Waals surface area contributed by atoms with Crippen LogP contribution in [0.25, 0.3) is 0 Å². The molecule has 29 heavy (non-hydrogen) atoms.